The number of nitrogens with one attached hydrogen (secondary N) is 1. The SMILES string of the molecule is COc1cccc(C(=O)NCCN2CCC(O)(c3ccc(C)cc3)CC2)c1. The second kappa shape index (κ2) is 8.55. The Morgan fingerprint density at radius 1 is 1.19 bits per heavy atom. The highest BCUT2D eigenvalue weighted by Crippen LogP contribution is 2.32. The number of hydrogen-bond acceptors (Lipinski definition) is 4. The molecule has 1 heterocycles. The number of hydrogen-bond donors (Lipinski definition) is 2. The molecule has 2 N–H and O–H groups in total. The molecule has 1 amide bonds. The van der Waals surface area contributed by atoms with Crippen LogP contribution in [0.4, 0.5) is 0 Å². The Bertz CT molecular complexity index is 765. The predicted molar refractivity (Wildman–Crippen MR) is 106 cm³/mol. The van der Waals surface area contributed by atoms with E-state index in [1.807, 2.05) is 36.4 Å². The van der Waals surface area contributed by atoms with E-state index in [1.54, 1.807) is 19.2 Å². The Labute approximate surface area is 161 Å². The van der Waals surface area contributed by atoms with Crippen LogP contribution in [-0.2, 0) is 5.60 Å². The third-order valence-corrected chi connectivity index (χ3v) is 5.32. The molecule has 5 nitrogen and oxygen atoms in total. The van der Waals surface area contributed by atoms with Crippen LogP contribution in [0.5, 0.6) is 5.75 Å². The second-order valence-corrected chi connectivity index (χ2v) is 7.23. The maximum atomic E-state index is 12.2. The lowest BCUT2D eigenvalue weighted by molar-refractivity contribution is -0.0255. The molecule has 1 fully saturated rings. The van der Waals surface area contributed by atoms with Crippen molar-refractivity contribution in [3.8, 4) is 5.75 Å². The molecule has 27 heavy (non-hydrogen) atoms. The smallest absolute Gasteiger partial charge is 0.251 e. The Hall–Kier alpha value is -2.37. The third-order valence-electron chi connectivity index (χ3n) is 5.32. The van der Waals surface area contributed by atoms with Gasteiger partial charge in [0.25, 0.3) is 5.91 Å². The lowest BCUT2D eigenvalue weighted by atomic mass is 9.84. The minimum Gasteiger partial charge on any atom is -0.497 e. The van der Waals surface area contributed by atoms with Crippen LogP contribution in [0, 0.1) is 6.92 Å². The first-order valence-corrected chi connectivity index (χ1v) is 9.44. The van der Waals surface area contributed by atoms with E-state index in [0.29, 0.717) is 30.7 Å². The molecule has 1 aliphatic heterocycles. The number of ether oxygens (including phenoxy) is 1. The molecule has 0 bridgehead atoms. The van der Waals surface area contributed by atoms with Crippen LogP contribution in [0.2, 0.25) is 0 Å². The minimum atomic E-state index is -0.742. The van der Waals surface area contributed by atoms with Crippen molar-refractivity contribution in [2.45, 2.75) is 25.4 Å². The molecule has 144 valence electrons. The Balaban J connectivity index is 1.45. The summed E-state index contributed by atoms with van der Waals surface area (Å²) in [5, 5.41) is 13.9. The summed E-state index contributed by atoms with van der Waals surface area (Å²) in [4.78, 5) is 14.5. The fourth-order valence-corrected chi connectivity index (χ4v) is 3.49. The molecule has 2 aromatic carbocycles. The standard InChI is InChI=1S/C22H28N2O3/c1-17-6-8-19(9-7-17)22(26)10-13-24(14-11-22)15-12-23-21(25)18-4-3-5-20(16-18)27-2/h3-9,16,26H,10-15H2,1-2H3,(H,23,25). The van der Waals surface area contributed by atoms with Crippen LogP contribution in [0.1, 0.15) is 34.3 Å². The number of aryl methyl sites for hydroxylation is 1. The number of amides is 1. The summed E-state index contributed by atoms with van der Waals surface area (Å²) in [6.07, 6.45) is 1.42. The van der Waals surface area contributed by atoms with E-state index in [0.717, 1.165) is 25.2 Å². The summed E-state index contributed by atoms with van der Waals surface area (Å²) >= 11 is 0. The second-order valence-electron chi connectivity index (χ2n) is 7.23. The van der Waals surface area contributed by atoms with Gasteiger partial charge in [-0.05, 0) is 43.5 Å². The number of piperidine rings is 1. The maximum absolute atomic E-state index is 12.2. The summed E-state index contributed by atoms with van der Waals surface area (Å²) in [6.45, 7) is 5.05. The fraction of sp³-hybridized carbons (Fsp3) is 0.409. The Kier molecular flexibility index (Phi) is 6.14. The molecule has 0 spiro atoms. The number of nitrogens with zero attached hydrogens (tertiary/aromatic N) is 1. The van der Waals surface area contributed by atoms with Crippen molar-refractivity contribution in [3.05, 3.63) is 65.2 Å². The first-order chi connectivity index (χ1) is 13.0. The molecule has 0 aromatic heterocycles. The van der Waals surface area contributed by atoms with E-state index in [2.05, 4.69) is 17.1 Å². The van der Waals surface area contributed by atoms with E-state index in [-0.39, 0.29) is 5.91 Å². The fourth-order valence-electron chi connectivity index (χ4n) is 3.49. The highest BCUT2D eigenvalue weighted by molar-refractivity contribution is 5.94. The molecule has 5 heteroatoms. The van der Waals surface area contributed by atoms with E-state index in [1.165, 1.54) is 5.56 Å². The van der Waals surface area contributed by atoms with Gasteiger partial charge in [0, 0.05) is 31.7 Å². The lowest BCUT2D eigenvalue weighted by Crippen LogP contribution is -2.45. The predicted octanol–water partition coefficient (Wildman–Crippen LogP) is 2.72. The molecular weight excluding hydrogens is 340 g/mol. The molecule has 0 aliphatic carbocycles. The van der Waals surface area contributed by atoms with Crippen LogP contribution < -0.4 is 10.1 Å². The van der Waals surface area contributed by atoms with Gasteiger partial charge in [-0.1, -0.05) is 35.9 Å². The summed E-state index contributed by atoms with van der Waals surface area (Å²) in [5.74, 6) is 0.580. The van der Waals surface area contributed by atoms with Gasteiger partial charge in [-0.2, -0.15) is 0 Å². The zero-order valence-corrected chi connectivity index (χ0v) is 16.1. The highest BCUT2D eigenvalue weighted by atomic mass is 16.5. The van der Waals surface area contributed by atoms with Gasteiger partial charge >= 0.3 is 0 Å². The molecule has 0 saturated carbocycles. The molecule has 3 rings (SSSR count). The third kappa shape index (κ3) is 4.87. The molecule has 0 atom stereocenters. The minimum absolute atomic E-state index is 0.0953. The summed E-state index contributed by atoms with van der Waals surface area (Å²) in [5.41, 5.74) is 2.06. The van der Waals surface area contributed by atoms with Crippen molar-refractivity contribution in [2.24, 2.45) is 0 Å². The van der Waals surface area contributed by atoms with E-state index >= 15 is 0 Å². The number of aliphatic hydroxyl groups is 1. The van der Waals surface area contributed by atoms with Gasteiger partial charge in [0.15, 0.2) is 0 Å². The molecule has 0 unspecified atom stereocenters. The van der Waals surface area contributed by atoms with Crippen molar-refractivity contribution in [3.63, 3.8) is 0 Å². The van der Waals surface area contributed by atoms with Crippen molar-refractivity contribution in [1.29, 1.82) is 0 Å². The van der Waals surface area contributed by atoms with Crippen molar-refractivity contribution in [1.82, 2.24) is 10.2 Å². The molecule has 2 aromatic rings. The monoisotopic (exact) mass is 368 g/mol. The van der Waals surface area contributed by atoms with Gasteiger partial charge in [0.05, 0.1) is 12.7 Å². The van der Waals surface area contributed by atoms with Gasteiger partial charge in [0.2, 0.25) is 0 Å². The summed E-state index contributed by atoms with van der Waals surface area (Å²) in [7, 11) is 1.59. The normalized spacial score (nSPS) is 16.7. The quantitative estimate of drug-likeness (QED) is 0.823. The zero-order chi connectivity index (χ0) is 19.3. The number of benzene rings is 2. The van der Waals surface area contributed by atoms with Crippen molar-refractivity contribution < 1.29 is 14.6 Å². The number of likely N-dealkylation sites (tertiary alicyclic amines) is 1. The molecule has 1 saturated heterocycles. The number of carbonyl (C=O) groups excluding carboxylic acids is 1. The zero-order valence-electron chi connectivity index (χ0n) is 16.1. The summed E-state index contributed by atoms with van der Waals surface area (Å²) < 4.78 is 5.16. The van der Waals surface area contributed by atoms with Crippen LogP contribution in [-0.4, -0.2) is 49.2 Å². The summed E-state index contributed by atoms with van der Waals surface area (Å²) in [6, 6.07) is 15.3. The van der Waals surface area contributed by atoms with E-state index < -0.39 is 5.60 Å². The molecule has 1 aliphatic rings. The first-order valence-electron chi connectivity index (χ1n) is 9.44. The van der Waals surface area contributed by atoms with Crippen LogP contribution in [0.15, 0.2) is 48.5 Å². The Morgan fingerprint density at radius 3 is 2.56 bits per heavy atom. The van der Waals surface area contributed by atoms with Crippen LogP contribution >= 0.6 is 0 Å². The number of methoxy groups -OCH3 is 1. The number of carbonyl (C=O) groups is 1. The van der Waals surface area contributed by atoms with E-state index in [4.69, 9.17) is 4.74 Å². The van der Waals surface area contributed by atoms with E-state index in [9.17, 15) is 9.90 Å². The largest absolute Gasteiger partial charge is 0.497 e. The van der Waals surface area contributed by atoms with Crippen molar-refractivity contribution in [2.75, 3.05) is 33.3 Å². The van der Waals surface area contributed by atoms with Crippen LogP contribution in [0.3, 0.4) is 0 Å². The topological polar surface area (TPSA) is 61.8 Å². The molecule has 0 radical (unpaired) electrons. The van der Waals surface area contributed by atoms with Crippen molar-refractivity contribution >= 4 is 5.91 Å². The van der Waals surface area contributed by atoms with Gasteiger partial charge in [-0.15, -0.1) is 0 Å². The average molecular weight is 368 g/mol. The van der Waals surface area contributed by atoms with Gasteiger partial charge < -0.3 is 20.1 Å². The van der Waals surface area contributed by atoms with Gasteiger partial charge in [-0.3, -0.25) is 4.79 Å². The number of rotatable bonds is 6. The molecular formula is C22H28N2O3. The Morgan fingerprint density at radius 2 is 1.89 bits per heavy atom. The van der Waals surface area contributed by atoms with Gasteiger partial charge in [-0.25, -0.2) is 0 Å². The maximum Gasteiger partial charge on any atom is 0.251 e. The highest BCUT2D eigenvalue weighted by Gasteiger charge is 2.33. The average Bonchev–Trinajstić information content (AvgIpc) is 2.70. The lowest BCUT2D eigenvalue weighted by Gasteiger charge is -2.38. The van der Waals surface area contributed by atoms with Crippen LogP contribution in [0.25, 0.3) is 0 Å². The first kappa shape index (κ1) is 19.4. The van der Waals surface area contributed by atoms with Gasteiger partial charge in [0.1, 0.15) is 5.75 Å².